The summed E-state index contributed by atoms with van der Waals surface area (Å²) in [6.07, 6.45) is 4.60. The van der Waals surface area contributed by atoms with Crippen LogP contribution in [0.5, 0.6) is 11.8 Å². The summed E-state index contributed by atoms with van der Waals surface area (Å²) in [5.41, 5.74) is 0.293. The molecule has 6 heterocycles. The van der Waals surface area contributed by atoms with E-state index in [1.165, 1.54) is 10.7 Å². The van der Waals surface area contributed by atoms with Gasteiger partial charge in [0, 0.05) is 43.2 Å². The molecule has 4 aromatic rings. The fraction of sp³-hybridized carbons (Fsp3) is 0.514. The molecule has 3 saturated heterocycles. The standard InChI is InChI=1S/C37H42ClF2N7O4/c1-7-22-16-46-23(17-47(22)35(48)51-36(3,4)5)18-49-32-27-30(29(40)26(28(32)38)25-24(39)10-9-21-14-41-44(6)31(21)25)42-34(43-33(27)46)50-19-37-11-8-12-45(37)15-20(2)13-37/h9-10,14,22-23H,2,7-8,11-13,15-19H2,1,3-6H3/t22-,23+,37+/m1/s1. The Bertz CT molecular complexity index is 2100. The van der Waals surface area contributed by atoms with E-state index in [0.717, 1.165) is 37.9 Å². The second-order valence-electron chi connectivity index (χ2n) is 15.3. The highest BCUT2D eigenvalue weighted by molar-refractivity contribution is 6.37. The van der Waals surface area contributed by atoms with Crippen LogP contribution in [0.15, 0.2) is 30.5 Å². The van der Waals surface area contributed by atoms with E-state index in [4.69, 9.17) is 30.8 Å². The smallest absolute Gasteiger partial charge is 0.410 e. The summed E-state index contributed by atoms with van der Waals surface area (Å²) in [5.74, 6) is -0.966. The van der Waals surface area contributed by atoms with Crippen LogP contribution in [0.4, 0.5) is 19.4 Å². The molecule has 51 heavy (non-hydrogen) atoms. The number of hydrogen-bond donors (Lipinski definition) is 0. The lowest BCUT2D eigenvalue weighted by Crippen LogP contribution is -2.62. The van der Waals surface area contributed by atoms with Crippen molar-refractivity contribution in [3.05, 3.63) is 47.1 Å². The summed E-state index contributed by atoms with van der Waals surface area (Å²) in [7, 11) is 1.66. The lowest BCUT2D eigenvalue weighted by Gasteiger charge is -2.45. The highest BCUT2D eigenvalue weighted by Gasteiger charge is 2.47. The Morgan fingerprint density at radius 1 is 1.20 bits per heavy atom. The van der Waals surface area contributed by atoms with Crippen LogP contribution in [0.2, 0.25) is 5.02 Å². The van der Waals surface area contributed by atoms with Crippen molar-refractivity contribution in [2.45, 2.75) is 76.6 Å². The second-order valence-corrected chi connectivity index (χ2v) is 15.7. The number of nitrogens with zero attached hydrogens (tertiary/aromatic N) is 7. The zero-order valence-electron chi connectivity index (χ0n) is 29.6. The van der Waals surface area contributed by atoms with Gasteiger partial charge in [-0.25, -0.2) is 13.6 Å². The van der Waals surface area contributed by atoms with Crippen molar-refractivity contribution >= 4 is 45.3 Å². The van der Waals surface area contributed by atoms with Crippen molar-refractivity contribution in [3.8, 4) is 22.9 Å². The van der Waals surface area contributed by atoms with Crippen LogP contribution in [0.25, 0.3) is 32.9 Å². The summed E-state index contributed by atoms with van der Waals surface area (Å²) in [6, 6.07) is 2.22. The number of rotatable bonds is 5. The van der Waals surface area contributed by atoms with Gasteiger partial charge in [-0.15, -0.1) is 0 Å². The molecule has 4 aliphatic heterocycles. The van der Waals surface area contributed by atoms with Gasteiger partial charge in [-0.3, -0.25) is 9.58 Å². The van der Waals surface area contributed by atoms with Crippen molar-refractivity contribution in [1.82, 2.24) is 29.5 Å². The maximum absolute atomic E-state index is 17.3. The monoisotopic (exact) mass is 721 g/mol. The van der Waals surface area contributed by atoms with E-state index in [0.29, 0.717) is 36.3 Å². The van der Waals surface area contributed by atoms with Crippen LogP contribution in [0.1, 0.15) is 53.4 Å². The van der Waals surface area contributed by atoms with Crippen molar-refractivity contribution < 1.29 is 27.8 Å². The number of ether oxygens (including phenoxy) is 3. The van der Waals surface area contributed by atoms with Gasteiger partial charge in [0.25, 0.3) is 0 Å². The maximum Gasteiger partial charge on any atom is 0.410 e. The number of aromatic nitrogens is 4. The number of carbonyl (C=O) groups excluding carboxylic acids is 1. The summed E-state index contributed by atoms with van der Waals surface area (Å²) < 4.78 is 53.3. The number of piperazine rings is 1. The fourth-order valence-electron chi connectivity index (χ4n) is 8.41. The number of halogens is 3. The Balaban J connectivity index is 1.30. The van der Waals surface area contributed by atoms with Gasteiger partial charge in [0.1, 0.15) is 36.0 Å². The van der Waals surface area contributed by atoms with Gasteiger partial charge in [-0.2, -0.15) is 15.1 Å². The molecule has 8 rings (SSSR count). The Kier molecular flexibility index (Phi) is 8.10. The van der Waals surface area contributed by atoms with Gasteiger partial charge < -0.3 is 24.0 Å². The number of carbonyl (C=O) groups is 1. The lowest BCUT2D eigenvalue weighted by atomic mass is 9.94. The van der Waals surface area contributed by atoms with Crippen molar-refractivity contribution in [3.63, 3.8) is 0 Å². The number of hydrogen-bond acceptors (Lipinski definition) is 9. The van der Waals surface area contributed by atoms with E-state index in [9.17, 15) is 4.79 Å². The molecule has 14 heteroatoms. The average molecular weight is 722 g/mol. The SMILES string of the molecule is C=C1CN2CCC[C@@]2(COc2nc3c4c(c(Cl)c(-c5c(F)ccc6cnn(C)c56)c(F)c4n2)OC[C@@H]2CN(C(=O)OC(C)(C)C)[C@H](CC)CN32)C1. The van der Waals surface area contributed by atoms with E-state index in [1.54, 1.807) is 24.2 Å². The van der Waals surface area contributed by atoms with E-state index in [-0.39, 0.29) is 63.5 Å². The summed E-state index contributed by atoms with van der Waals surface area (Å²) in [4.78, 5) is 29.2. The molecule has 3 fully saturated rings. The molecular weight excluding hydrogens is 680 g/mol. The third-order valence-electron chi connectivity index (χ3n) is 10.7. The third kappa shape index (κ3) is 5.54. The molecule has 0 radical (unpaired) electrons. The number of benzene rings is 2. The number of aryl methyl sites for hydroxylation is 1. The zero-order chi connectivity index (χ0) is 36.0. The summed E-state index contributed by atoms with van der Waals surface area (Å²) in [6.45, 7) is 14.5. The van der Waals surface area contributed by atoms with Gasteiger partial charge in [0.15, 0.2) is 11.6 Å². The molecule has 3 atom stereocenters. The maximum atomic E-state index is 17.3. The largest absolute Gasteiger partial charge is 0.489 e. The molecule has 2 aromatic carbocycles. The average Bonchev–Trinajstić information content (AvgIpc) is 3.70. The summed E-state index contributed by atoms with van der Waals surface area (Å²) >= 11 is 7.10. The first-order chi connectivity index (χ1) is 24.3. The third-order valence-corrected chi connectivity index (χ3v) is 11.1. The minimum Gasteiger partial charge on any atom is -0.489 e. The summed E-state index contributed by atoms with van der Waals surface area (Å²) in [5, 5.41) is 5.07. The van der Waals surface area contributed by atoms with Gasteiger partial charge in [0.05, 0.1) is 39.7 Å². The Labute approximate surface area is 300 Å². The van der Waals surface area contributed by atoms with Crippen molar-refractivity contribution in [1.29, 1.82) is 0 Å². The molecule has 0 aliphatic carbocycles. The Hall–Kier alpha value is -4.23. The quantitative estimate of drug-likeness (QED) is 0.204. The molecule has 0 unspecified atom stereocenters. The normalized spacial score (nSPS) is 23.4. The molecule has 1 amide bonds. The predicted octanol–water partition coefficient (Wildman–Crippen LogP) is 6.89. The Morgan fingerprint density at radius 2 is 2.00 bits per heavy atom. The van der Waals surface area contributed by atoms with Gasteiger partial charge in [-0.1, -0.05) is 30.7 Å². The minimum absolute atomic E-state index is 0.00292. The molecule has 0 N–H and O–H groups in total. The molecule has 11 nitrogen and oxygen atoms in total. The van der Waals surface area contributed by atoms with Crippen LogP contribution in [-0.4, -0.2) is 98.3 Å². The predicted molar refractivity (Wildman–Crippen MR) is 191 cm³/mol. The number of fused-ring (bicyclic) bond motifs is 4. The topological polar surface area (TPSA) is 98.1 Å². The number of anilines is 1. The van der Waals surface area contributed by atoms with Crippen LogP contribution >= 0.6 is 11.6 Å². The first-order valence-corrected chi connectivity index (χ1v) is 17.9. The molecular formula is C37H42ClF2N7O4. The Morgan fingerprint density at radius 3 is 2.76 bits per heavy atom. The lowest BCUT2D eigenvalue weighted by molar-refractivity contribution is 0.00837. The van der Waals surface area contributed by atoms with Crippen molar-refractivity contribution in [2.75, 3.05) is 44.3 Å². The van der Waals surface area contributed by atoms with E-state index in [2.05, 4.69) is 21.6 Å². The van der Waals surface area contributed by atoms with E-state index >= 15 is 8.78 Å². The van der Waals surface area contributed by atoms with Crippen LogP contribution < -0.4 is 14.4 Å². The van der Waals surface area contributed by atoms with Crippen LogP contribution in [0.3, 0.4) is 0 Å². The van der Waals surface area contributed by atoms with Crippen LogP contribution in [0, 0.1) is 11.6 Å². The first kappa shape index (κ1) is 33.9. The molecule has 0 spiro atoms. The minimum atomic E-state index is -0.823. The van der Waals surface area contributed by atoms with Gasteiger partial charge in [0.2, 0.25) is 0 Å². The second kappa shape index (κ2) is 12.2. The highest BCUT2D eigenvalue weighted by atomic mass is 35.5. The molecule has 270 valence electrons. The molecule has 0 saturated carbocycles. The zero-order valence-corrected chi connectivity index (χ0v) is 30.3. The first-order valence-electron chi connectivity index (χ1n) is 17.6. The van der Waals surface area contributed by atoms with Crippen LogP contribution in [-0.2, 0) is 11.8 Å². The molecule has 0 bridgehead atoms. The highest BCUT2D eigenvalue weighted by Crippen LogP contribution is 2.50. The van der Waals surface area contributed by atoms with E-state index in [1.807, 2.05) is 32.6 Å². The number of amides is 1. The van der Waals surface area contributed by atoms with E-state index < -0.39 is 29.4 Å². The van der Waals surface area contributed by atoms with Gasteiger partial charge in [-0.05, 0) is 65.1 Å². The fourth-order valence-corrected chi connectivity index (χ4v) is 8.74. The molecule has 2 aromatic heterocycles. The molecule has 4 aliphatic rings. The van der Waals surface area contributed by atoms with Crippen molar-refractivity contribution in [2.24, 2.45) is 7.05 Å². The van der Waals surface area contributed by atoms with Gasteiger partial charge >= 0.3 is 12.1 Å².